The lowest BCUT2D eigenvalue weighted by molar-refractivity contribution is -0.137. The number of ether oxygens (including phenoxy) is 1. The van der Waals surface area contributed by atoms with Gasteiger partial charge >= 0.3 is 0 Å². The van der Waals surface area contributed by atoms with Crippen molar-refractivity contribution in [3.05, 3.63) is 29.3 Å². The van der Waals surface area contributed by atoms with E-state index >= 15 is 0 Å². The number of nitrogens with zero attached hydrogens (tertiary/aromatic N) is 2. The van der Waals surface area contributed by atoms with Crippen LogP contribution in [0.4, 0.5) is 0 Å². The van der Waals surface area contributed by atoms with Gasteiger partial charge in [-0.2, -0.15) is 0 Å². The van der Waals surface area contributed by atoms with Crippen LogP contribution >= 0.6 is 0 Å². The predicted octanol–water partition coefficient (Wildman–Crippen LogP) is 2.84. The standard InChI is InChI=1S/C19H28N2O2/c1-3-23-18-8-7-16-9-12-21(14-17(16)13-18)15(2)19(22)20-10-5-4-6-11-20/h7-8,13,15H,3-6,9-12,14H2,1-2H3. The molecule has 1 amide bonds. The zero-order valence-electron chi connectivity index (χ0n) is 14.4. The molecule has 23 heavy (non-hydrogen) atoms. The predicted molar refractivity (Wildman–Crippen MR) is 91.6 cm³/mol. The molecule has 0 bridgehead atoms. The van der Waals surface area contributed by atoms with Crippen LogP contribution in [0.3, 0.4) is 0 Å². The van der Waals surface area contributed by atoms with Gasteiger partial charge < -0.3 is 9.64 Å². The Bertz CT molecular complexity index is 552. The van der Waals surface area contributed by atoms with E-state index in [0.717, 1.165) is 51.2 Å². The Kier molecular flexibility index (Phi) is 5.21. The number of amides is 1. The minimum Gasteiger partial charge on any atom is -0.494 e. The van der Waals surface area contributed by atoms with Gasteiger partial charge in [0.15, 0.2) is 0 Å². The summed E-state index contributed by atoms with van der Waals surface area (Å²) in [7, 11) is 0. The second-order valence-electron chi connectivity index (χ2n) is 6.65. The fourth-order valence-corrected chi connectivity index (χ4v) is 3.68. The Morgan fingerprint density at radius 2 is 1.96 bits per heavy atom. The first kappa shape index (κ1) is 16.3. The summed E-state index contributed by atoms with van der Waals surface area (Å²) < 4.78 is 5.62. The topological polar surface area (TPSA) is 32.8 Å². The second kappa shape index (κ2) is 7.35. The highest BCUT2D eigenvalue weighted by atomic mass is 16.5. The van der Waals surface area contributed by atoms with Crippen LogP contribution in [-0.2, 0) is 17.8 Å². The SMILES string of the molecule is CCOc1ccc2c(c1)CN(C(C)C(=O)N1CCCCC1)CC2. The van der Waals surface area contributed by atoms with Gasteiger partial charge in [0, 0.05) is 26.2 Å². The third-order valence-corrected chi connectivity index (χ3v) is 5.10. The maximum Gasteiger partial charge on any atom is 0.239 e. The maximum absolute atomic E-state index is 12.7. The van der Waals surface area contributed by atoms with Gasteiger partial charge in [-0.3, -0.25) is 9.69 Å². The zero-order valence-corrected chi connectivity index (χ0v) is 14.4. The minimum atomic E-state index is -0.0306. The molecule has 126 valence electrons. The number of fused-ring (bicyclic) bond motifs is 1. The molecule has 1 atom stereocenters. The van der Waals surface area contributed by atoms with Crippen molar-refractivity contribution in [2.45, 2.75) is 52.1 Å². The molecule has 0 N–H and O–H groups in total. The molecule has 1 aromatic rings. The molecule has 2 heterocycles. The van der Waals surface area contributed by atoms with Crippen LogP contribution in [0.15, 0.2) is 18.2 Å². The van der Waals surface area contributed by atoms with Crippen molar-refractivity contribution in [1.29, 1.82) is 0 Å². The highest BCUT2D eigenvalue weighted by Crippen LogP contribution is 2.25. The smallest absolute Gasteiger partial charge is 0.239 e. The van der Waals surface area contributed by atoms with Gasteiger partial charge in [0.1, 0.15) is 5.75 Å². The molecular formula is C19H28N2O2. The quantitative estimate of drug-likeness (QED) is 0.856. The Balaban J connectivity index is 1.67. The van der Waals surface area contributed by atoms with Gasteiger partial charge in [-0.15, -0.1) is 0 Å². The number of carbonyl (C=O) groups is 1. The largest absolute Gasteiger partial charge is 0.494 e. The lowest BCUT2D eigenvalue weighted by Gasteiger charge is -2.37. The molecule has 0 radical (unpaired) electrons. The van der Waals surface area contributed by atoms with Crippen molar-refractivity contribution in [2.24, 2.45) is 0 Å². The molecule has 3 rings (SSSR count). The average molecular weight is 316 g/mol. The van der Waals surface area contributed by atoms with Gasteiger partial charge in [0.05, 0.1) is 12.6 Å². The van der Waals surface area contributed by atoms with Crippen LogP contribution in [0.1, 0.15) is 44.2 Å². The number of rotatable bonds is 4. The molecule has 1 aromatic carbocycles. The van der Waals surface area contributed by atoms with E-state index in [1.54, 1.807) is 0 Å². The van der Waals surface area contributed by atoms with E-state index in [2.05, 4.69) is 34.9 Å². The van der Waals surface area contributed by atoms with E-state index in [0.29, 0.717) is 12.5 Å². The molecular weight excluding hydrogens is 288 g/mol. The number of hydrogen-bond acceptors (Lipinski definition) is 3. The Labute approximate surface area is 139 Å². The van der Waals surface area contributed by atoms with E-state index in [-0.39, 0.29) is 6.04 Å². The van der Waals surface area contributed by atoms with Crippen LogP contribution in [0, 0.1) is 0 Å². The van der Waals surface area contributed by atoms with E-state index in [9.17, 15) is 4.79 Å². The molecule has 2 aliphatic rings. The molecule has 0 spiro atoms. The normalized spacial score (nSPS) is 20.0. The lowest BCUT2D eigenvalue weighted by atomic mass is 9.98. The zero-order chi connectivity index (χ0) is 16.2. The van der Waals surface area contributed by atoms with Crippen LogP contribution < -0.4 is 4.74 Å². The number of benzene rings is 1. The monoisotopic (exact) mass is 316 g/mol. The first-order valence-corrected chi connectivity index (χ1v) is 8.96. The third kappa shape index (κ3) is 3.69. The highest BCUT2D eigenvalue weighted by molar-refractivity contribution is 5.81. The molecule has 1 fully saturated rings. The minimum absolute atomic E-state index is 0.0306. The summed E-state index contributed by atoms with van der Waals surface area (Å²) >= 11 is 0. The molecule has 1 saturated heterocycles. The van der Waals surface area contributed by atoms with Crippen molar-refractivity contribution in [3.63, 3.8) is 0 Å². The van der Waals surface area contributed by atoms with E-state index in [4.69, 9.17) is 4.74 Å². The van der Waals surface area contributed by atoms with E-state index in [1.807, 2.05) is 6.92 Å². The van der Waals surface area contributed by atoms with E-state index < -0.39 is 0 Å². The van der Waals surface area contributed by atoms with Crippen LogP contribution in [0.2, 0.25) is 0 Å². The average Bonchev–Trinajstić information content (AvgIpc) is 2.61. The summed E-state index contributed by atoms with van der Waals surface area (Å²) in [5.74, 6) is 1.23. The van der Waals surface area contributed by atoms with Crippen LogP contribution in [0.25, 0.3) is 0 Å². The number of carbonyl (C=O) groups excluding carboxylic acids is 1. The molecule has 4 heteroatoms. The fraction of sp³-hybridized carbons (Fsp3) is 0.632. The molecule has 4 nitrogen and oxygen atoms in total. The Hall–Kier alpha value is -1.55. The van der Waals surface area contributed by atoms with Crippen molar-refractivity contribution in [3.8, 4) is 5.75 Å². The first-order valence-electron chi connectivity index (χ1n) is 8.96. The first-order chi connectivity index (χ1) is 11.2. The molecule has 1 unspecified atom stereocenters. The summed E-state index contributed by atoms with van der Waals surface area (Å²) in [5, 5.41) is 0. The van der Waals surface area contributed by atoms with Crippen molar-refractivity contribution in [2.75, 3.05) is 26.2 Å². The summed E-state index contributed by atoms with van der Waals surface area (Å²) in [6.07, 6.45) is 4.58. The maximum atomic E-state index is 12.7. The van der Waals surface area contributed by atoms with Gasteiger partial charge in [-0.25, -0.2) is 0 Å². The molecule has 0 saturated carbocycles. The van der Waals surface area contributed by atoms with E-state index in [1.165, 1.54) is 17.5 Å². The highest BCUT2D eigenvalue weighted by Gasteiger charge is 2.29. The van der Waals surface area contributed by atoms with Crippen LogP contribution in [0.5, 0.6) is 5.75 Å². The summed E-state index contributed by atoms with van der Waals surface area (Å²) in [6.45, 7) is 8.43. The van der Waals surface area contributed by atoms with Gasteiger partial charge in [0.2, 0.25) is 5.91 Å². The summed E-state index contributed by atoms with van der Waals surface area (Å²) in [4.78, 5) is 17.1. The number of hydrogen-bond donors (Lipinski definition) is 0. The van der Waals surface area contributed by atoms with Gasteiger partial charge in [0.25, 0.3) is 0 Å². The molecule has 0 aromatic heterocycles. The Morgan fingerprint density at radius 3 is 2.70 bits per heavy atom. The van der Waals surface area contributed by atoms with Crippen molar-refractivity contribution >= 4 is 5.91 Å². The third-order valence-electron chi connectivity index (χ3n) is 5.10. The summed E-state index contributed by atoms with van der Waals surface area (Å²) in [5.41, 5.74) is 2.70. The summed E-state index contributed by atoms with van der Waals surface area (Å²) in [6, 6.07) is 6.34. The number of piperidine rings is 1. The van der Waals surface area contributed by atoms with Gasteiger partial charge in [-0.1, -0.05) is 6.07 Å². The van der Waals surface area contributed by atoms with Crippen molar-refractivity contribution in [1.82, 2.24) is 9.80 Å². The number of likely N-dealkylation sites (tertiary alicyclic amines) is 1. The molecule has 0 aliphatic carbocycles. The Morgan fingerprint density at radius 1 is 1.17 bits per heavy atom. The van der Waals surface area contributed by atoms with Gasteiger partial charge in [-0.05, 0) is 62.8 Å². The van der Waals surface area contributed by atoms with Crippen molar-refractivity contribution < 1.29 is 9.53 Å². The second-order valence-corrected chi connectivity index (χ2v) is 6.65. The van der Waals surface area contributed by atoms with Crippen LogP contribution in [-0.4, -0.2) is 48.0 Å². The fourth-order valence-electron chi connectivity index (χ4n) is 3.68. The lowest BCUT2D eigenvalue weighted by Crippen LogP contribution is -2.49. The molecule has 2 aliphatic heterocycles.